The molecule has 0 saturated heterocycles. The Hall–Kier alpha value is -3.74. The van der Waals surface area contributed by atoms with Crippen molar-refractivity contribution in [2.75, 3.05) is 16.8 Å². The van der Waals surface area contributed by atoms with Crippen molar-refractivity contribution >= 4 is 39.9 Å². The molecule has 4 rings (SSSR count). The van der Waals surface area contributed by atoms with Gasteiger partial charge in [-0.05, 0) is 44.2 Å². The number of nitrogens with one attached hydrogen (secondary N) is 1. The van der Waals surface area contributed by atoms with Crippen LogP contribution in [-0.4, -0.2) is 35.2 Å². The normalized spacial score (nSPS) is 15.6. The summed E-state index contributed by atoms with van der Waals surface area (Å²) in [6.45, 7) is 2.87. The van der Waals surface area contributed by atoms with E-state index in [9.17, 15) is 14.4 Å². The van der Waals surface area contributed by atoms with Crippen molar-refractivity contribution in [2.45, 2.75) is 20.0 Å². The Morgan fingerprint density at radius 1 is 1.17 bits per heavy atom. The molecule has 146 valence electrons. The quantitative estimate of drug-likeness (QED) is 0.693. The molecule has 2 amide bonds. The third-order valence-electron chi connectivity index (χ3n) is 4.78. The Morgan fingerprint density at radius 3 is 2.76 bits per heavy atom. The van der Waals surface area contributed by atoms with E-state index < -0.39 is 6.10 Å². The standard InChI is InChI=1S/C22H19N3O4/c1-13(26)16-8-9-19-18(11-16)25(22(28)14(2)29-19)12-20(27)24-17-7-3-5-15-6-4-10-23-21(15)17/h3-11,14H,12H2,1-2H3,(H,24,27). The lowest BCUT2D eigenvalue weighted by Gasteiger charge is -2.32. The molecule has 1 aliphatic heterocycles. The Kier molecular flexibility index (Phi) is 4.72. The lowest BCUT2D eigenvalue weighted by Crippen LogP contribution is -2.47. The molecule has 1 N–H and O–H groups in total. The molecular weight excluding hydrogens is 370 g/mol. The van der Waals surface area contributed by atoms with Crippen molar-refractivity contribution in [3.8, 4) is 5.75 Å². The minimum Gasteiger partial charge on any atom is -0.479 e. The Labute approximate surface area is 167 Å². The predicted octanol–water partition coefficient (Wildman–Crippen LogP) is 3.19. The van der Waals surface area contributed by atoms with Crippen LogP contribution in [0.1, 0.15) is 24.2 Å². The monoisotopic (exact) mass is 389 g/mol. The van der Waals surface area contributed by atoms with Crippen molar-refractivity contribution in [1.82, 2.24) is 4.98 Å². The van der Waals surface area contributed by atoms with Crippen LogP contribution in [0.5, 0.6) is 5.75 Å². The SMILES string of the molecule is CC(=O)c1ccc2c(c1)N(CC(=O)Nc1cccc3cccnc13)C(=O)C(C)O2. The second-order valence-corrected chi connectivity index (χ2v) is 6.85. The third-order valence-corrected chi connectivity index (χ3v) is 4.78. The molecule has 0 radical (unpaired) electrons. The second-order valence-electron chi connectivity index (χ2n) is 6.85. The van der Waals surface area contributed by atoms with E-state index in [-0.39, 0.29) is 24.1 Å². The summed E-state index contributed by atoms with van der Waals surface area (Å²) in [5, 5.41) is 3.73. The van der Waals surface area contributed by atoms with Gasteiger partial charge in [-0.1, -0.05) is 18.2 Å². The van der Waals surface area contributed by atoms with Crippen LogP contribution in [0, 0.1) is 0 Å². The third kappa shape index (κ3) is 3.54. The Morgan fingerprint density at radius 2 is 1.97 bits per heavy atom. The fraction of sp³-hybridized carbons (Fsp3) is 0.182. The number of hydrogen-bond donors (Lipinski definition) is 1. The molecule has 2 aromatic carbocycles. The number of hydrogen-bond acceptors (Lipinski definition) is 5. The van der Waals surface area contributed by atoms with Crippen LogP contribution in [0.3, 0.4) is 0 Å². The van der Waals surface area contributed by atoms with Gasteiger partial charge >= 0.3 is 0 Å². The number of rotatable bonds is 4. The van der Waals surface area contributed by atoms with E-state index in [4.69, 9.17) is 4.74 Å². The van der Waals surface area contributed by atoms with Crippen LogP contribution >= 0.6 is 0 Å². The van der Waals surface area contributed by atoms with Gasteiger partial charge in [-0.3, -0.25) is 24.3 Å². The lowest BCUT2D eigenvalue weighted by atomic mass is 10.1. The van der Waals surface area contributed by atoms with E-state index >= 15 is 0 Å². The zero-order valence-corrected chi connectivity index (χ0v) is 16.0. The number of aromatic nitrogens is 1. The van der Waals surface area contributed by atoms with Crippen LogP contribution < -0.4 is 15.0 Å². The second kappa shape index (κ2) is 7.35. The van der Waals surface area contributed by atoms with Crippen LogP contribution in [-0.2, 0) is 9.59 Å². The van der Waals surface area contributed by atoms with Crippen molar-refractivity contribution in [3.63, 3.8) is 0 Å². The van der Waals surface area contributed by atoms with Gasteiger partial charge in [0.15, 0.2) is 11.9 Å². The average molecular weight is 389 g/mol. The highest BCUT2D eigenvalue weighted by Crippen LogP contribution is 2.35. The number of amides is 2. The fourth-order valence-corrected chi connectivity index (χ4v) is 3.33. The molecule has 1 atom stereocenters. The van der Waals surface area contributed by atoms with Crippen LogP contribution in [0.15, 0.2) is 54.7 Å². The molecule has 0 fully saturated rings. The van der Waals surface area contributed by atoms with Crippen LogP contribution in [0.4, 0.5) is 11.4 Å². The number of benzene rings is 2. The first kappa shape index (κ1) is 18.6. The molecule has 3 aromatic rings. The number of ether oxygens (including phenoxy) is 1. The van der Waals surface area contributed by atoms with E-state index in [1.54, 1.807) is 37.4 Å². The first-order valence-corrected chi connectivity index (χ1v) is 9.20. The number of pyridine rings is 1. The number of fused-ring (bicyclic) bond motifs is 2. The molecule has 29 heavy (non-hydrogen) atoms. The van der Waals surface area contributed by atoms with E-state index in [1.807, 2.05) is 24.3 Å². The smallest absolute Gasteiger partial charge is 0.268 e. The number of Topliss-reactive ketones (excluding diaryl/α,β-unsaturated/α-hetero) is 1. The molecule has 1 aromatic heterocycles. The van der Waals surface area contributed by atoms with Gasteiger partial charge in [-0.2, -0.15) is 0 Å². The molecule has 0 aliphatic carbocycles. The predicted molar refractivity (Wildman–Crippen MR) is 109 cm³/mol. The van der Waals surface area contributed by atoms with E-state index in [2.05, 4.69) is 10.3 Å². The molecule has 7 nitrogen and oxygen atoms in total. The van der Waals surface area contributed by atoms with Gasteiger partial charge in [0.05, 0.1) is 16.9 Å². The first-order valence-electron chi connectivity index (χ1n) is 9.20. The minimum absolute atomic E-state index is 0.134. The van der Waals surface area contributed by atoms with Crippen molar-refractivity contribution in [2.24, 2.45) is 0 Å². The first-order chi connectivity index (χ1) is 13.9. The summed E-state index contributed by atoms with van der Waals surface area (Å²) in [5.74, 6) is -0.388. The minimum atomic E-state index is -0.724. The van der Waals surface area contributed by atoms with E-state index in [0.717, 1.165) is 5.39 Å². The summed E-state index contributed by atoms with van der Waals surface area (Å²) in [5.41, 5.74) is 2.09. The van der Waals surface area contributed by atoms with Crippen molar-refractivity contribution in [1.29, 1.82) is 0 Å². The Bertz CT molecular complexity index is 1140. The highest BCUT2D eigenvalue weighted by Gasteiger charge is 2.33. The zero-order valence-electron chi connectivity index (χ0n) is 16.0. The summed E-state index contributed by atoms with van der Waals surface area (Å²) in [4.78, 5) is 42.9. The molecule has 7 heteroatoms. The van der Waals surface area contributed by atoms with Gasteiger partial charge in [0.1, 0.15) is 12.3 Å². The van der Waals surface area contributed by atoms with Crippen LogP contribution in [0.2, 0.25) is 0 Å². The van der Waals surface area contributed by atoms with E-state index in [1.165, 1.54) is 11.8 Å². The maximum Gasteiger partial charge on any atom is 0.268 e. The van der Waals surface area contributed by atoms with Gasteiger partial charge < -0.3 is 10.1 Å². The maximum absolute atomic E-state index is 12.8. The summed E-state index contributed by atoms with van der Waals surface area (Å²) in [6, 6.07) is 14.1. The highest BCUT2D eigenvalue weighted by molar-refractivity contribution is 6.08. The summed E-state index contributed by atoms with van der Waals surface area (Å²) < 4.78 is 5.62. The molecule has 1 unspecified atom stereocenters. The van der Waals surface area contributed by atoms with Gasteiger partial charge in [0.25, 0.3) is 5.91 Å². The lowest BCUT2D eigenvalue weighted by molar-refractivity contribution is -0.127. The van der Waals surface area contributed by atoms with Gasteiger partial charge in [-0.25, -0.2) is 0 Å². The van der Waals surface area contributed by atoms with Crippen molar-refractivity contribution < 1.29 is 19.1 Å². The van der Waals surface area contributed by atoms with Gasteiger partial charge in [-0.15, -0.1) is 0 Å². The molecule has 1 aliphatic rings. The van der Waals surface area contributed by atoms with Gasteiger partial charge in [0.2, 0.25) is 5.91 Å². The maximum atomic E-state index is 12.8. The van der Waals surface area contributed by atoms with Crippen LogP contribution in [0.25, 0.3) is 10.9 Å². The largest absolute Gasteiger partial charge is 0.479 e. The van der Waals surface area contributed by atoms with Gasteiger partial charge in [0, 0.05) is 17.1 Å². The molecule has 0 bridgehead atoms. The Balaban J connectivity index is 1.63. The summed E-state index contributed by atoms with van der Waals surface area (Å²) in [7, 11) is 0. The summed E-state index contributed by atoms with van der Waals surface area (Å²) >= 11 is 0. The zero-order chi connectivity index (χ0) is 20.5. The number of anilines is 2. The number of ketones is 1. The topological polar surface area (TPSA) is 88.6 Å². The molecule has 0 spiro atoms. The van der Waals surface area contributed by atoms with E-state index in [0.29, 0.717) is 28.2 Å². The number of para-hydroxylation sites is 1. The molecule has 2 heterocycles. The fourth-order valence-electron chi connectivity index (χ4n) is 3.33. The summed E-state index contributed by atoms with van der Waals surface area (Å²) in [6.07, 6.45) is 0.933. The number of nitrogens with zero attached hydrogens (tertiary/aromatic N) is 2. The average Bonchev–Trinajstić information content (AvgIpc) is 2.71. The number of carbonyl (C=O) groups excluding carboxylic acids is 3. The highest BCUT2D eigenvalue weighted by atomic mass is 16.5. The molecule has 0 saturated carbocycles. The molecular formula is C22H19N3O4. The number of carbonyl (C=O) groups is 3. The van der Waals surface area contributed by atoms with Crippen molar-refractivity contribution in [3.05, 3.63) is 60.3 Å².